The monoisotopic (exact) mass is 341 g/mol. The van der Waals surface area contributed by atoms with Crippen molar-refractivity contribution < 1.29 is 9.53 Å². The van der Waals surface area contributed by atoms with Crippen molar-refractivity contribution in [2.24, 2.45) is 0 Å². The summed E-state index contributed by atoms with van der Waals surface area (Å²) in [4.78, 5) is 22.1. The Morgan fingerprint density at radius 3 is 2.87 bits per heavy atom. The van der Waals surface area contributed by atoms with Gasteiger partial charge in [0.05, 0.1) is 0 Å². The SMILES string of the molecule is CC(C)(C)OC(=O)NCC1CCCCN1c1cc(Cl)nc(N)n1. The van der Waals surface area contributed by atoms with E-state index in [9.17, 15) is 4.79 Å². The number of alkyl carbamates (subject to hydrolysis) is 1. The Balaban J connectivity index is 2.02. The summed E-state index contributed by atoms with van der Waals surface area (Å²) in [5, 5.41) is 3.14. The molecule has 0 aliphatic carbocycles. The lowest BCUT2D eigenvalue weighted by Crippen LogP contribution is -2.48. The number of aromatic nitrogens is 2. The van der Waals surface area contributed by atoms with E-state index in [2.05, 4.69) is 20.2 Å². The summed E-state index contributed by atoms with van der Waals surface area (Å²) in [6.45, 7) is 6.84. The van der Waals surface area contributed by atoms with Crippen LogP contribution < -0.4 is 16.0 Å². The molecule has 23 heavy (non-hydrogen) atoms. The first-order valence-electron chi connectivity index (χ1n) is 7.78. The minimum atomic E-state index is -0.509. The third kappa shape index (κ3) is 5.42. The van der Waals surface area contributed by atoms with Crippen LogP contribution in [-0.2, 0) is 4.74 Å². The Labute approximate surface area is 141 Å². The van der Waals surface area contributed by atoms with Gasteiger partial charge in [-0.15, -0.1) is 0 Å². The van der Waals surface area contributed by atoms with Gasteiger partial charge in [0, 0.05) is 25.2 Å². The number of ether oxygens (including phenoxy) is 1. The molecule has 0 bridgehead atoms. The number of halogens is 1. The van der Waals surface area contributed by atoms with Gasteiger partial charge in [-0.2, -0.15) is 4.98 Å². The van der Waals surface area contributed by atoms with E-state index >= 15 is 0 Å². The molecule has 2 heterocycles. The number of carbonyl (C=O) groups is 1. The normalized spacial score (nSPS) is 18.6. The number of hydrogen-bond acceptors (Lipinski definition) is 6. The Morgan fingerprint density at radius 1 is 1.48 bits per heavy atom. The first-order valence-corrected chi connectivity index (χ1v) is 8.16. The van der Waals surface area contributed by atoms with E-state index in [0.29, 0.717) is 17.5 Å². The Hall–Kier alpha value is -1.76. The van der Waals surface area contributed by atoms with Gasteiger partial charge in [0.1, 0.15) is 16.6 Å². The minimum Gasteiger partial charge on any atom is -0.444 e. The molecule has 1 saturated heterocycles. The average Bonchev–Trinajstić information content (AvgIpc) is 2.42. The highest BCUT2D eigenvalue weighted by molar-refractivity contribution is 6.29. The fraction of sp³-hybridized carbons (Fsp3) is 0.667. The fourth-order valence-electron chi connectivity index (χ4n) is 2.60. The van der Waals surface area contributed by atoms with E-state index in [4.69, 9.17) is 22.1 Å². The second-order valence-corrected chi connectivity index (χ2v) is 7.02. The Morgan fingerprint density at radius 2 is 2.22 bits per heavy atom. The van der Waals surface area contributed by atoms with Crippen LogP contribution in [0.25, 0.3) is 0 Å². The van der Waals surface area contributed by atoms with Gasteiger partial charge in [-0.25, -0.2) is 9.78 Å². The van der Waals surface area contributed by atoms with Crippen molar-refractivity contribution in [2.45, 2.75) is 51.7 Å². The number of nitrogens with two attached hydrogens (primary N) is 1. The number of carbonyl (C=O) groups excluding carboxylic acids is 1. The lowest BCUT2D eigenvalue weighted by atomic mass is 10.0. The molecule has 1 amide bonds. The summed E-state index contributed by atoms with van der Waals surface area (Å²) in [7, 11) is 0. The molecule has 1 aliphatic heterocycles. The summed E-state index contributed by atoms with van der Waals surface area (Å²) in [6.07, 6.45) is 2.70. The fourth-order valence-corrected chi connectivity index (χ4v) is 2.78. The number of nitrogens with zero attached hydrogens (tertiary/aromatic N) is 3. The maximum atomic E-state index is 11.8. The third-order valence-corrected chi connectivity index (χ3v) is 3.69. The molecule has 8 heteroatoms. The van der Waals surface area contributed by atoms with E-state index in [1.807, 2.05) is 20.8 Å². The molecule has 1 aromatic rings. The van der Waals surface area contributed by atoms with Crippen molar-refractivity contribution in [2.75, 3.05) is 23.7 Å². The van der Waals surface area contributed by atoms with Gasteiger partial charge in [0.25, 0.3) is 0 Å². The molecular formula is C15H24ClN5O2. The van der Waals surface area contributed by atoms with Crippen LogP contribution in [0, 0.1) is 0 Å². The van der Waals surface area contributed by atoms with E-state index < -0.39 is 11.7 Å². The zero-order valence-corrected chi connectivity index (χ0v) is 14.6. The van der Waals surface area contributed by atoms with Crippen LogP contribution in [0.1, 0.15) is 40.0 Å². The van der Waals surface area contributed by atoms with Crippen LogP contribution in [0.2, 0.25) is 5.15 Å². The van der Waals surface area contributed by atoms with Crippen molar-refractivity contribution in [3.63, 3.8) is 0 Å². The predicted molar refractivity (Wildman–Crippen MR) is 90.7 cm³/mol. The molecule has 1 unspecified atom stereocenters. The van der Waals surface area contributed by atoms with Gasteiger partial charge in [-0.1, -0.05) is 11.6 Å². The highest BCUT2D eigenvalue weighted by Gasteiger charge is 2.25. The van der Waals surface area contributed by atoms with Gasteiger partial charge in [0.2, 0.25) is 5.95 Å². The molecule has 0 saturated carbocycles. The number of amides is 1. The molecule has 0 aromatic carbocycles. The van der Waals surface area contributed by atoms with Crippen molar-refractivity contribution in [1.29, 1.82) is 0 Å². The van der Waals surface area contributed by atoms with Crippen molar-refractivity contribution >= 4 is 29.5 Å². The second-order valence-electron chi connectivity index (χ2n) is 6.63. The number of piperidine rings is 1. The van der Waals surface area contributed by atoms with Gasteiger partial charge in [-0.05, 0) is 40.0 Å². The van der Waals surface area contributed by atoms with Crippen LogP contribution in [0.3, 0.4) is 0 Å². The largest absolute Gasteiger partial charge is 0.444 e. The molecule has 1 atom stereocenters. The number of hydrogen-bond donors (Lipinski definition) is 2. The molecule has 0 spiro atoms. The number of nitrogen functional groups attached to an aromatic ring is 1. The molecule has 1 fully saturated rings. The van der Waals surface area contributed by atoms with Crippen molar-refractivity contribution in [3.8, 4) is 0 Å². The van der Waals surface area contributed by atoms with E-state index in [-0.39, 0.29) is 12.0 Å². The predicted octanol–water partition coefficient (Wildman–Crippen LogP) is 2.60. The molecule has 1 aliphatic rings. The van der Waals surface area contributed by atoms with Crippen molar-refractivity contribution in [1.82, 2.24) is 15.3 Å². The zero-order chi connectivity index (χ0) is 17.0. The Kier molecular flexibility index (Phi) is 5.51. The second kappa shape index (κ2) is 7.21. The topological polar surface area (TPSA) is 93.4 Å². The molecule has 128 valence electrons. The molecule has 7 nitrogen and oxygen atoms in total. The maximum absolute atomic E-state index is 11.8. The molecule has 3 N–H and O–H groups in total. The first-order chi connectivity index (χ1) is 10.7. The van der Waals surface area contributed by atoms with E-state index in [1.165, 1.54) is 0 Å². The van der Waals surface area contributed by atoms with E-state index in [1.54, 1.807) is 6.07 Å². The van der Waals surface area contributed by atoms with Crippen LogP contribution >= 0.6 is 11.6 Å². The highest BCUT2D eigenvalue weighted by Crippen LogP contribution is 2.25. The molecule has 2 rings (SSSR count). The summed E-state index contributed by atoms with van der Waals surface area (Å²) < 4.78 is 5.27. The van der Waals surface area contributed by atoms with Crippen LogP contribution in [-0.4, -0.2) is 40.8 Å². The lowest BCUT2D eigenvalue weighted by molar-refractivity contribution is 0.0523. The van der Waals surface area contributed by atoms with E-state index in [0.717, 1.165) is 25.8 Å². The van der Waals surface area contributed by atoms with Gasteiger partial charge < -0.3 is 20.7 Å². The van der Waals surface area contributed by atoms with Crippen LogP contribution in [0.4, 0.5) is 16.6 Å². The smallest absolute Gasteiger partial charge is 0.407 e. The maximum Gasteiger partial charge on any atom is 0.407 e. The summed E-state index contributed by atoms with van der Waals surface area (Å²) in [5.74, 6) is 0.843. The summed E-state index contributed by atoms with van der Waals surface area (Å²) in [5.41, 5.74) is 5.17. The van der Waals surface area contributed by atoms with Crippen molar-refractivity contribution in [3.05, 3.63) is 11.2 Å². The van der Waals surface area contributed by atoms with Gasteiger partial charge in [0.15, 0.2) is 0 Å². The summed E-state index contributed by atoms with van der Waals surface area (Å²) >= 11 is 5.97. The van der Waals surface area contributed by atoms with Crippen LogP contribution in [0.15, 0.2) is 6.07 Å². The quantitative estimate of drug-likeness (QED) is 0.821. The first kappa shape index (κ1) is 17.6. The Bertz CT molecular complexity index is 541. The minimum absolute atomic E-state index is 0.127. The molecule has 0 radical (unpaired) electrons. The summed E-state index contributed by atoms with van der Waals surface area (Å²) in [6, 6.07) is 1.82. The lowest BCUT2D eigenvalue weighted by Gasteiger charge is -2.36. The third-order valence-electron chi connectivity index (χ3n) is 3.50. The van der Waals surface area contributed by atoms with Crippen LogP contribution in [0.5, 0.6) is 0 Å². The average molecular weight is 342 g/mol. The number of rotatable bonds is 3. The molecule has 1 aromatic heterocycles. The standard InChI is InChI=1S/C15H24ClN5O2/c1-15(2,3)23-14(22)18-9-10-6-4-5-7-21(10)12-8-11(16)19-13(17)20-12/h8,10H,4-7,9H2,1-3H3,(H,18,22)(H2,17,19,20). The number of nitrogens with one attached hydrogen (secondary N) is 1. The molecular weight excluding hydrogens is 318 g/mol. The van der Waals surface area contributed by atoms with Gasteiger partial charge in [-0.3, -0.25) is 0 Å². The van der Waals surface area contributed by atoms with Gasteiger partial charge >= 0.3 is 6.09 Å². The highest BCUT2D eigenvalue weighted by atomic mass is 35.5. The number of anilines is 2. The zero-order valence-electron chi connectivity index (χ0n) is 13.8.